The molecule has 14 heteroatoms. The number of nitrogens with one attached hydrogen (secondary N) is 2. The molecule has 1 saturated carbocycles. The van der Waals surface area contributed by atoms with Crippen LogP contribution < -0.4 is 5.32 Å². The summed E-state index contributed by atoms with van der Waals surface area (Å²) in [6.45, 7) is 0. The number of fused-ring (bicyclic) bond motifs is 1. The maximum atomic E-state index is 15.3. The molecule has 12 nitrogen and oxygen atoms in total. The van der Waals surface area contributed by atoms with E-state index in [1.165, 1.54) is 23.2 Å². The Morgan fingerprint density at radius 3 is 2.85 bits per heavy atom. The first kappa shape index (κ1) is 24.6. The van der Waals surface area contributed by atoms with Gasteiger partial charge in [0.15, 0.2) is 5.82 Å². The number of aryl methyl sites for hydroxylation is 1. The Balaban J connectivity index is 1.17. The average Bonchev–Trinajstić information content (AvgIpc) is 3.31. The van der Waals surface area contributed by atoms with Gasteiger partial charge in [0.2, 0.25) is 11.8 Å². The zero-order chi connectivity index (χ0) is 27.5. The molecule has 1 aromatic carbocycles. The van der Waals surface area contributed by atoms with Gasteiger partial charge >= 0.3 is 0 Å². The highest BCUT2D eigenvalue weighted by Crippen LogP contribution is 2.44. The molecule has 0 radical (unpaired) electrons. The quantitative estimate of drug-likeness (QED) is 0.367. The van der Waals surface area contributed by atoms with Gasteiger partial charge in [-0.05, 0) is 60.2 Å². The van der Waals surface area contributed by atoms with Gasteiger partial charge in [-0.15, -0.1) is 5.10 Å². The van der Waals surface area contributed by atoms with Crippen LogP contribution in [0.4, 0.5) is 10.1 Å². The number of hydrogen-bond donors (Lipinski definition) is 2. The molecule has 7 rings (SSSR count). The summed E-state index contributed by atoms with van der Waals surface area (Å²) >= 11 is 6.13. The van der Waals surface area contributed by atoms with Crippen molar-refractivity contribution in [2.24, 2.45) is 13.0 Å². The lowest BCUT2D eigenvalue weighted by Crippen LogP contribution is -2.39. The number of amides is 2. The second-order valence-electron chi connectivity index (χ2n) is 10.4. The number of tetrazole rings is 1. The molecule has 3 aromatic heterocycles. The maximum Gasteiger partial charge on any atom is 0.247 e. The number of halogens is 2. The molecule has 2 aliphatic heterocycles. The van der Waals surface area contributed by atoms with Crippen molar-refractivity contribution < 1.29 is 14.0 Å². The number of carbonyl (C=O) groups is 2. The summed E-state index contributed by atoms with van der Waals surface area (Å²) in [7, 11) is 1.79. The lowest BCUT2D eigenvalue weighted by atomic mass is 9.92. The predicted octanol–water partition coefficient (Wildman–Crippen LogP) is 3.45. The molecule has 2 N–H and O–H groups in total. The fourth-order valence-corrected chi connectivity index (χ4v) is 5.85. The van der Waals surface area contributed by atoms with Crippen molar-refractivity contribution in [1.82, 2.24) is 44.9 Å². The average molecular weight is 563 g/mol. The highest BCUT2D eigenvalue weighted by Gasteiger charge is 2.42. The second-order valence-corrected chi connectivity index (χ2v) is 10.8. The van der Waals surface area contributed by atoms with E-state index in [4.69, 9.17) is 11.6 Å². The molecule has 1 aliphatic carbocycles. The first-order valence-electron chi connectivity index (χ1n) is 13.0. The normalized spacial score (nSPS) is 20.5. The van der Waals surface area contributed by atoms with Crippen molar-refractivity contribution in [3.8, 4) is 17.1 Å². The van der Waals surface area contributed by atoms with Crippen LogP contribution in [0.25, 0.3) is 22.6 Å². The third-order valence-corrected chi connectivity index (χ3v) is 7.99. The summed E-state index contributed by atoms with van der Waals surface area (Å²) in [5, 5.41) is 18.6. The fraction of sp³-hybridized carbons (Fsp3) is 0.346. The SMILES string of the molecule is Cn1cc(NC(=O)C2CC2)c(-c2cnc([C@@H]3CC[C@H]4CC(c5c(-n6cnnn6)ccc(Cl)c5F)=CC(=O)N43)[nH]2)n1. The minimum atomic E-state index is -0.618. The first-order chi connectivity index (χ1) is 19.4. The number of nitrogens with zero attached hydrogens (tertiary/aromatic N) is 8. The van der Waals surface area contributed by atoms with Crippen LogP contribution in [0.1, 0.15) is 49.5 Å². The molecule has 3 aliphatic rings. The molecule has 1 saturated heterocycles. The third-order valence-electron chi connectivity index (χ3n) is 7.70. The van der Waals surface area contributed by atoms with Crippen LogP contribution in [-0.2, 0) is 16.6 Å². The number of imidazole rings is 1. The number of aromatic nitrogens is 8. The molecule has 40 heavy (non-hydrogen) atoms. The highest BCUT2D eigenvalue weighted by molar-refractivity contribution is 6.31. The van der Waals surface area contributed by atoms with Gasteiger partial charge in [-0.2, -0.15) is 9.78 Å². The van der Waals surface area contributed by atoms with E-state index in [0.717, 1.165) is 19.3 Å². The maximum absolute atomic E-state index is 15.3. The van der Waals surface area contributed by atoms with Gasteiger partial charge in [0.1, 0.15) is 17.8 Å². The summed E-state index contributed by atoms with van der Waals surface area (Å²) in [6, 6.07) is 2.66. The number of aromatic amines is 1. The summed E-state index contributed by atoms with van der Waals surface area (Å²) in [5.41, 5.74) is 3.02. The number of benzene rings is 1. The molecule has 204 valence electrons. The number of hydrogen-bond acceptors (Lipinski definition) is 7. The van der Waals surface area contributed by atoms with Crippen molar-refractivity contribution in [3.63, 3.8) is 0 Å². The van der Waals surface area contributed by atoms with E-state index in [2.05, 4.69) is 35.9 Å². The monoisotopic (exact) mass is 562 g/mol. The van der Waals surface area contributed by atoms with E-state index in [0.29, 0.717) is 47.0 Å². The number of anilines is 1. The zero-order valence-corrected chi connectivity index (χ0v) is 22.1. The molecular weight excluding hydrogens is 539 g/mol. The lowest BCUT2D eigenvalue weighted by Gasteiger charge is -2.33. The van der Waals surface area contributed by atoms with Crippen LogP contribution in [0, 0.1) is 11.7 Å². The standard InChI is InChI=1S/C26H24ClFN10O2/c1-36-11-18(32-26(40)13-2-3-13)24(33-36)17-10-29-25(31-17)20-6-4-15-8-14(9-21(39)38(15)20)22-19(37-12-30-34-35-37)7-5-16(27)23(22)28/h5,7,9-13,15,20H,2-4,6,8H2,1H3,(H,29,31)(H,32,40)/t15-,20-/m0/s1. The van der Waals surface area contributed by atoms with E-state index >= 15 is 4.39 Å². The van der Waals surface area contributed by atoms with Crippen LogP contribution in [0.2, 0.25) is 5.02 Å². The Morgan fingerprint density at radius 1 is 1.23 bits per heavy atom. The Hall–Kier alpha value is -4.39. The predicted molar refractivity (Wildman–Crippen MR) is 141 cm³/mol. The van der Waals surface area contributed by atoms with E-state index in [1.807, 2.05) is 0 Å². The van der Waals surface area contributed by atoms with Gasteiger partial charge in [-0.25, -0.2) is 9.37 Å². The highest BCUT2D eigenvalue weighted by atomic mass is 35.5. The van der Waals surface area contributed by atoms with E-state index in [-0.39, 0.29) is 40.4 Å². The van der Waals surface area contributed by atoms with E-state index in [9.17, 15) is 9.59 Å². The number of rotatable bonds is 6. The Kier molecular flexibility index (Phi) is 5.77. The molecule has 2 fully saturated rings. The Morgan fingerprint density at radius 2 is 2.08 bits per heavy atom. The summed E-state index contributed by atoms with van der Waals surface area (Å²) in [5.74, 6) is -0.158. The smallest absolute Gasteiger partial charge is 0.247 e. The van der Waals surface area contributed by atoms with Crippen LogP contribution in [0.15, 0.2) is 36.9 Å². The molecule has 2 atom stereocenters. The van der Waals surface area contributed by atoms with Crippen molar-refractivity contribution >= 4 is 34.7 Å². The Labute approximate surface area is 232 Å². The second kappa shape index (κ2) is 9.37. The number of H-pyrrole nitrogens is 1. The van der Waals surface area contributed by atoms with Crippen molar-refractivity contribution in [2.45, 2.75) is 44.2 Å². The topological polar surface area (TPSA) is 140 Å². The zero-order valence-electron chi connectivity index (χ0n) is 21.4. The minimum absolute atomic E-state index is 0.00601. The summed E-state index contributed by atoms with van der Waals surface area (Å²) < 4.78 is 18.3. The molecule has 5 heterocycles. The van der Waals surface area contributed by atoms with Gasteiger partial charge in [-0.3, -0.25) is 14.3 Å². The van der Waals surface area contributed by atoms with Crippen LogP contribution >= 0.6 is 11.6 Å². The third kappa shape index (κ3) is 4.17. The minimum Gasteiger partial charge on any atom is -0.339 e. The van der Waals surface area contributed by atoms with E-state index < -0.39 is 5.82 Å². The van der Waals surface area contributed by atoms with Gasteiger partial charge < -0.3 is 15.2 Å². The van der Waals surface area contributed by atoms with Crippen LogP contribution in [-0.4, -0.2) is 62.7 Å². The van der Waals surface area contributed by atoms with Crippen molar-refractivity contribution in [1.29, 1.82) is 0 Å². The largest absolute Gasteiger partial charge is 0.339 e. The molecule has 2 amide bonds. The summed E-state index contributed by atoms with van der Waals surface area (Å²) in [4.78, 5) is 35.6. The van der Waals surface area contributed by atoms with Crippen LogP contribution in [0.5, 0.6) is 0 Å². The first-order valence-corrected chi connectivity index (χ1v) is 13.4. The summed E-state index contributed by atoms with van der Waals surface area (Å²) in [6.07, 6.45) is 9.94. The van der Waals surface area contributed by atoms with Gasteiger partial charge in [0, 0.05) is 36.8 Å². The number of carbonyl (C=O) groups excluding carboxylic acids is 2. The Bertz CT molecular complexity index is 1670. The van der Waals surface area contributed by atoms with Crippen LogP contribution in [0.3, 0.4) is 0 Å². The van der Waals surface area contributed by atoms with Crippen molar-refractivity contribution in [2.75, 3.05) is 5.32 Å². The van der Waals surface area contributed by atoms with Gasteiger partial charge in [0.25, 0.3) is 0 Å². The molecule has 4 aromatic rings. The van der Waals surface area contributed by atoms with Gasteiger partial charge in [0.05, 0.1) is 34.3 Å². The fourth-order valence-electron chi connectivity index (χ4n) is 5.69. The van der Waals surface area contributed by atoms with E-state index in [1.54, 1.807) is 35.1 Å². The van der Waals surface area contributed by atoms with Gasteiger partial charge in [-0.1, -0.05) is 11.6 Å². The molecule has 0 unspecified atom stereocenters. The lowest BCUT2D eigenvalue weighted by molar-refractivity contribution is -0.129. The van der Waals surface area contributed by atoms with Crippen molar-refractivity contribution in [3.05, 3.63) is 59.2 Å². The molecule has 0 spiro atoms. The molecular formula is C26H24ClFN10O2. The molecule has 0 bridgehead atoms.